The molecule has 0 spiro atoms. The molecule has 3 rings (SSSR count). The number of carbonyl (C=O) groups excluding carboxylic acids is 1. The van der Waals surface area contributed by atoms with E-state index in [0.717, 1.165) is 28.8 Å². The van der Waals surface area contributed by atoms with E-state index in [1.165, 1.54) is 30.4 Å². The van der Waals surface area contributed by atoms with E-state index < -0.39 is 0 Å². The molecule has 0 saturated carbocycles. The van der Waals surface area contributed by atoms with Gasteiger partial charge >= 0.3 is 5.97 Å². The van der Waals surface area contributed by atoms with Gasteiger partial charge in [0.15, 0.2) is 0 Å². The normalized spacial score (nSPS) is 18.3. The smallest absolute Gasteiger partial charge is 0.350 e. The Morgan fingerprint density at radius 1 is 1.58 bits per heavy atom. The highest BCUT2D eigenvalue weighted by Gasteiger charge is 2.22. The molecule has 1 aliphatic rings. The van der Waals surface area contributed by atoms with Gasteiger partial charge in [-0.3, -0.25) is 0 Å². The van der Waals surface area contributed by atoms with Gasteiger partial charge < -0.3 is 10.5 Å². The summed E-state index contributed by atoms with van der Waals surface area (Å²) in [6.07, 6.45) is 3.23. The lowest BCUT2D eigenvalue weighted by atomic mass is 9.87. The van der Waals surface area contributed by atoms with Gasteiger partial charge in [-0.25, -0.2) is 9.78 Å². The zero-order valence-corrected chi connectivity index (χ0v) is 11.8. The number of aryl methyl sites for hydroxylation is 1. The standard InChI is InChI=1S/C14H16N2O2S/c1-7-3-4-10-8(5-7)6-9-11(15)12(14(17)18-2)19-13(9)16-10/h6-7H,3-5,15H2,1-2H3/t7-/m0/s1. The Hall–Kier alpha value is -1.62. The Labute approximate surface area is 115 Å². The Morgan fingerprint density at radius 3 is 3.11 bits per heavy atom. The fraction of sp³-hybridized carbons (Fsp3) is 0.429. The zero-order chi connectivity index (χ0) is 13.6. The van der Waals surface area contributed by atoms with Crippen LogP contribution in [0.2, 0.25) is 0 Å². The first-order valence-electron chi connectivity index (χ1n) is 6.39. The second kappa shape index (κ2) is 4.49. The maximum Gasteiger partial charge on any atom is 0.350 e. The second-order valence-corrected chi connectivity index (χ2v) is 6.13. The molecule has 100 valence electrons. The summed E-state index contributed by atoms with van der Waals surface area (Å²) >= 11 is 1.32. The Kier molecular flexibility index (Phi) is 2.93. The monoisotopic (exact) mass is 276 g/mol. The summed E-state index contributed by atoms with van der Waals surface area (Å²) in [4.78, 5) is 17.6. The minimum Gasteiger partial charge on any atom is -0.465 e. The van der Waals surface area contributed by atoms with Crippen LogP contribution in [0.3, 0.4) is 0 Å². The highest BCUT2D eigenvalue weighted by molar-refractivity contribution is 7.21. The number of thiophene rings is 1. The number of pyridine rings is 1. The molecular formula is C14H16N2O2S. The number of nitrogens with zero attached hydrogens (tertiary/aromatic N) is 1. The van der Waals surface area contributed by atoms with E-state index in [4.69, 9.17) is 10.5 Å². The molecule has 0 aromatic carbocycles. The number of ether oxygens (including phenoxy) is 1. The number of hydrogen-bond acceptors (Lipinski definition) is 5. The predicted octanol–water partition coefficient (Wildman–Crippen LogP) is 2.79. The summed E-state index contributed by atoms with van der Waals surface area (Å²) in [6.45, 7) is 2.25. The van der Waals surface area contributed by atoms with Crippen LogP contribution in [0.4, 0.5) is 5.69 Å². The van der Waals surface area contributed by atoms with Gasteiger partial charge in [0.2, 0.25) is 0 Å². The van der Waals surface area contributed by atoms with Crippen molar-refractivity contribution >= 4 is 33.2 Å². The maximum absolute atomic E-state index is 11.7. The highest BCUT2D eigenvalue weighted by Crippen LogP contribution is 2.36. The first-order valence-corrected chi connectivity index (χ1v) is 7.21. The van der Waals surface area contributed by atoms with E-state index in [9.17, 15) is 4.79 Å². The van der Waals surface area contributed by atoms with Gasteiger partial charge in [0.25, 0.3) is 0 Å². The van der Waals surface area contributed by atoms with Crippen LogP contribution >= 0.6 is 11.3 Å². The molecule has 0 unspecified atom stereocenters. The molecule has 19 heavy (non-hydrogen) atoms. The van der Waals surface area contributed by atoms with Crippen LogP contribution in [0.1, 0.15) is 34.3 Å². The fourth-order valence-corrected chi connectivity index (χ4v) is 3.63. The van der Waals surface area contributed by atoms with Gasteiger partial charge in [-0.2, -0.15) is 0 Å². The molecule has 2 N–H and O–H groups in total. The summed E-state index contributed by atoms with van der Waals surface area (Å²) in [7, 11) is 1.37. The van der Waals surface area contributed by atoms with Crippen LogP contribution in [0.25, 0.3) is 10.2 Å². The maximum atomic E-state index is 11.7. The van der Waals surface area contributed by atoms with Gasteiger partial charge in [-0.1, -0.05) is 6.92 Å². The Balaban J connectivity index is 2.17. The van der Waals surface area contributed by atoms with Crippen LogP contribution < -0.4 is 5.73 Å². The molecule has 0 radical (unpaired) electrons. The van der Waals surface area contributed by atoms with Crippen molar-refractivity contribution in [2.75, 3.05) is 12.8 Å². The number of methoxy groups -OCH3 is 1. The summed E-state index contributed by atoms with van der Waals surface area (Å²) in [5.74, 6) is 0.304. The van der Waals surface area contributed by atoms with E-state index in [-0.39, 0.29) is 5.97 Å². The molecule has 4 nitrogen and oxygen atoms in total. The van der Waals surface area contributed by atoms with Crippen molar-refractivity contribution in [3.63, 3.8) is 0 Å². The molecule has 2 aromatic rings. The van der Waals surface area contributed by atoms with Gasteiger partial charge in [-0.05, 0) is 36.8 Å². The number of aromatic nitrogens is 1. The highest BCUT2D eigenvalue weighted by atomic mass is 32.1. The van der Waals surface area contributed by atoms with Crippen LogP contribution in [-0.4, -0.2) is 18.1 Å². The van der Waals surface area contributed by atoms with Crippen molar-refractivity contribution in [1.82, 2.24) is 4.98 Å². The van der Waals surface area contributed by atoms with E-state index in [0.29, 0.717) is 16.5 Å². The van der Waals surface area contributed by atoms with Crippen LogP contribution in [0, 0.1) is 5.92 Å². The Bertz CT molecular complexity index is 663. The van der Waals surface area contributed by atoms with Crippen LogP contribution in [-0.2, 0) is 17.6 Å². The van der Waals surface area contributed by atoms with E-state index >= 15 is 0 Å². The van der Waals surface area contributed by atoms with Gasteiger partial charge in [0.05, 0.1) is 12.8 Å². The molecule has 2 heterocycles. The quantitative estimate of drug-likeness (QED) is 0.813. The third kappa shape index (κ3) is 1.98. The van der Waals surface area contributed by atoms with Crippen molar-refractivity contribution in [2.45, 2.75) is 26.2 Å². The van der Waals surface area contributed by atoms with Crippen molar-refractivity contribution in [3.8, 4) is 0 Å². The number of rotatable bonds is 1. The molecule has 0 fully saturated rings. The molecule has 2 aromatic heterocycles. The molecule has 0 amide bonds. The number of esters is 1. The SMILES string of the molecule is COC(=O)c1sc2nc3c(cc2c1N)C[C@@H](C)CC3. The van der Waals surface area contributed by atoms with Crippen molar-refractivity contribution in [2.24, 2.45) is 5.92 Å². The van der Waals surface area contributed by atoms with E-state index in [1.807, 2.05) is 0 Å². The number of carbonyl (C=O) groups is 1. The summed E-state index contributed by atoms with van der Waals surface area (Å²) < 4.78 is 4.75. The van der Waals surface area contributed by atoms with Crippen molar-refractivity contribution in [1.29, 1.82) is 0 Å². The van der Waals surface area contributed by atoms with Crippen LogP contribution in [0.5, 0.6) is 0 Å². The predicted molar refractivity (Wildman–Crippen MR) is 76.6 cm³/mol. The lowest BCUT2D eigenvalue weighted by molar-refractivity contribution is 0.0607. The van der Waals surface area contributed by atoms with Crippen molar-refractivity contribution < 1.29 is 9.53 Å². The third-order valence-electron chi connectivity index (χ3n) is 3.70. The molecular weight excluding hydrogens is 260 g/mol. The zero-order valence-electron chi connectivity index (χ0n) is 11.0. The summed E-state index contributed by atoms with van der Waals surface area (Å²) in [5, 5.41) is 0.887. The average Bonchev–Trinajstić information content (AvgIpc) is 2.72. The molecule has 5 heteroatoms. The second-order valence-electron chi connectivity index (χ2n) is 5.13. The number of nitrogen functional groups attached to an aromatic ring is 1. The van der Waals surface area contributed by atoms with E-state index in [2.05, 4.69) is 18.0 Å². The molecule has 1 aliphatic carbocycles. The van der Waals surface area contributed by atoms with Gasteiger partial charge in [0, 0.05) is 11.1 Å². The van der Waals surface area contributed by atoms with E-state index in [1.54, 1.807) is 0 Å². The minimum atomic E-state index is -0.383. The summed E-state index contributed by atoms with van der Waals surface area (Å²) in [6, 6.07) is 2.10. The molecule has 0 aliphatic heterocycles. The number of nitrogens with two attached hydrogens (primary N) is 1. The minimum absolute atomic E-state index is 0.383. The first kappa shape index (κ1) is 12.4. The molecule has 0 saturated heterocycles. The summed E-state index contributed by atoms with van der Waals surface area (Å²) in [5.41, 5.74) is 8.98. The number of hydrogen-bond donors (Lipinski definition) is 1. The molecule has 0 bridgehead atoms. The first-order chi connectivity index (χ1) is 9.10. The van der Waals surface area contributed by atoms with Gasteiger partial charge in [-0.15, -0.1) is 11.3 Å². The Morgan fingerprint density at radius 2 is 2.37 bits per heavy atom. The van der Waals surface area contributed by atoms with Crippen LogP contribution in [0.15, 0.2) is 6.07 Å². The topological polar surface area (TPSA) is 65.2 Å². The largest absolute Gasteiger partial charge is 0.465 e. The van der Waals surface area contributed by atoms with Gasteiger partial charge in [0.1, 0.15) is 9.71 Å². The lowest BCUT2D eigenvalue weighted by Gasteiger charge is -2.20. The third-order valence-corrected chi connectivity index (χ3v) is 4.80. The number of fused-ring (bicyclic) bond motifs is 2. The fourth-order valence-electron chi connectivity index (χ4n) is 2.62. The number of anilines is 1. The average molecular weight is 276 g/mol. The van der Waals surface area contributed by atoms with Crippen molar-refractivity contribution in [3.05, 3.63) is 22.2 Å². The lowest BCUT2D eigenvalue weighted by Crippen LogP contribution is -2.12. The molecule has 1 atom stereocenters.